The van der Waals surface area contributed by atoms with Crippen molar-refractivity contribution in [3.63, 3.8) is 0 Å². The molecule has 1 heterocycles. The lowest BCUT2D eigenvalue weighted by molar-refractivity contribution is -0.144. The van der Waals surface area contributed by atoms with E-state index in [1.54, 1.807) is 25.3 Å². The minimum Gasteiger partial charge on any atom is -0.496 e. The summed E-state index contributed by atoms with van der Waals surface area (Å²) in [6.45, 7) is 0. The predicted octanol–water partition coefficient (Wildman–Crippen LogP) is 3.91. The smallest absolute Gasteiger partial charge is 0.337 e. The molecule has 0 bridgehead atoms. The van der Waals surface area contributed by atoms with Gasteiger partial charge in [-0.05, 0) is 45.7 Å². The summed E-state index contributed by atoms with van der Waals surface area (Å²) in [6.07, 6.45) is -0.423. The first kappa shape index (κ1) is 21.4. The molecular weight excluding hydrogens is 412 g/mol. The third-order valence-electron chi connectivity index (χ3n) is 5.74. The van der Waals surface area contributed by atoms with Crippen LogP contribution in [-0.2, 0) is 25.5 Å². The van der Waals surface area contributed by atoms with E-state index < -0.39 is 29.9 Å². The van der Waals surface area contributed by atoms with E-state index in [1.807, 2.05) is 36.4 Å². The Morgan fingerprint density at radius 2 is 1.88 bits per heavy atom. The summed E-state index contributed by atoms with van der Waals surface area (Å²) in [6, 6.07) is 16.6. The number of ether oxygens (including phenoxy) is 3. The monoisotopic (exact) mass is 434 g/mol. The molecule has 4 rings (SSSR count). The summed E-state index contributed by atoms with van der Waals surface area (Å²) < 4.78 is 15.6. The normalized spacial score (nSPS) is 17.8. The van der Waals surface area contributed by atoms with Crippen LogP contribution < -0.4 is 4.74 Å². The predicted molar refractivity (Wildman–Crippen MR) is 116 cm³/mol. The van der Waals surface area contributed by atoms with Crippen LogP contribution in [0.4, 0.5) is 0 Å². The molecule has 2 atom stereocenters. The molecule has 0 saturated carbocycles. The molecule has 1 saturated heterocycles. The lowest BCUT2D eigenvalue weighted by atomic mass is 9.91. The van der Waals surface area contributed by atoms with E-state index in [0.29, 0.717) is 23.3 Å². The average Bonchev–Trinajstić information content (AvgIpc) is 3.20. The Kier molecular flexibility index (Phi) is 5.81. The van der Waals surface area contributed by atoms with Crippen LogP contribution in [0.15, 0.2) is 54.6 Å². The van der Waals surface area contributed by atoms with Crippen LogP contribution in [0.1, 0.15) is 39.6 Å². The SMILES string of the molecule is COC(=O)c1ccc(Cc2cccc3ccc(C4OC(=O)CC4C(=O)O)cc23)c(OC)c1. The fraction of sp³-hybridized carbons (Fsp3) is 0.240. The highest BCUT2D eigenvalue weighted by Gasteiger charge is 2.41. The number of carbonyl (C=O) groups is 3. The second-order valence-electron chi connectivity index (χ2n) is 7.65. The molecule has 3 aromatic rings. The molecular formula is C25H22O7. The summed E-state index contributed by atoms with van der Waals surface area (Å²) in [7, 11) is 2.87. The lowest BCUT2D eigenvalue weighted by Gasteiger charge is -2.17. The van der Waals surface area contributed by atoms with E-state index in [4.69, 9.17) is 14.2 Å². The number of fused-ring (bicyclic) bond motifs is 1. The topological polar surface area (TPSA) is 99.1 Å². The van der Waals surface area contributed by atoms with Crippen molar-refractivity contribution in [3.05, 3.63) is 76.9 Å². The van der Waals surface area contributed by atoms with Gasteiger partial charge in [0.2, 0.25) is 0 Å². The molecule has 0 aliphatic carbocycles. The molecule has 1 fully saturated rings. The summed E-state index contributed by atoms with van der Waals surface area (Å²) in [4.78, 5) is 35.2. The minimum atomic E-state index is -1.05. The minimum absolute atomic E-state index is 0.135. The number of carbonyl (C=O) groups excluding carboxylic acids is 2. The molecule has 1 N–H and O–H groups in total. The molecule has 0 radical (unpaired) electrons. The molecule has 2 unspecified atom stereocenters. The summed E-state index contributed by atoms with van der Waals surface area (Å²) in [5.74, 6) is -2.34. The number of aliphatic carboxylic acids is 1. The first-order valence-electron chi connectivity index (χ1n) is 10.1. The number of hydrogen-bond acceptors (Lipinski definition) is 6. The number of rotatable bonds is 6. The Labute approximate surface area is 184 Å². The molecule has 3 aromatic carbocycles. The highest BCUT2D eigenvalue weighted by atomic mass is 16.6. The van der Waals surface area contributed by atoms with E-state index in [0.717, 1.165) is 21.9 Å². The second kappa shape index (κ2) is 8.70. The van der Waals surface area contributed by atoms with Gasteiger partial charge in [-0.15, -0.1) is 0 Å². The van der Waals surface area contributed by atoms with Crippen molar-refractivity contribution >= 4 is 28.7 Å². The molecule has 164 valence electrons. The lowest BCUT2D eigenvalue weighted by Crippen LogP contribution is -2.17. The highest BCUT2D eigenvalue weighted by molar-refractivity contribution is 5.90. The van der Waals surface area contributed by atoms with Crippen molar-refractivity contribution in [1.82, 2.24) is 0 Å². The Morgan fingerprint density at radius 3 is 2.59 bits per heavy atom. The number of hydrogen-bond donors (Lipinski definition) is 1. The molecule has 1 aliphatic rings. The summed E-state index contributed by atoms with van der Waals surface area (Å²) in [5, 5.41) is 11.4. The van der Waals surface area contributed by atoms with Gasteiger partial charge in [0.15, 0.2) is 0 Å². The average molecular weight is 434 g/mol. The molecule has 1 aliphatic heterocycles. The quantitative estimate of drug-likeness (QED) is 0.587. The van der Waals surface area contributed by atoms with Gasteiger partial charge in [0.25, 0.3) is 0 Å². The van der Waals surface area contributed by atoms with Gasteiger partial charge < -0.3 is 19.3 Å². The fourth-order valence-corrected chi connectivity index (χ4v) is 4.10. The molecule has 0 spiro atoms. The Bertz CT molecular complexity index is 1210. The van der Waals surface area contributed by atoms with Crippen LogP contribution in [0, 0.1) is 5.92 Å². The van der Waals surface area contributed by atoms with Gasteiger partial charge >= 0.3 is 17.9 Å². The van der Waals surface area contributed by atoms with E-state index in [2.05, 4.69) is 0 Å². The maximum Gasteiger partial charge on any atom is 0.337 e. The number of methoxy groups -OCH3 is 2. The van der Waals surface area contributed by atoms with Gasteiger partial charge in [-0.3, -0.25) is 9.59 Å². The first-order chi connectivity index (χ1) is 15.4. The van der Waals surface area contributed by atoms with Gasteiger partial charge in [0, 0.05) is 6.42 Å². The molecule has 0 amide bonds. The van der Waals surface area contributed by atoms with Gasteiger partial charge in [0.1, 0.15) is 17.8 Å². The van der Waals surface area contributed by atoms with Crippen LogP contribution in [0.3, 0.4) is 0 Å². The van der Waals surface area contributed by atoms with Crippen molar-refractivity contribution in [2.75, 3.05) is 14.2 Å². The third-order valence-corrected chi connectivity index (χ3v) is 5.74. The Hall–Kier alpha value is -3.87. The standard InChI is InChI=1S/C25H22O7/c1-30-21-12-18(25(29)31-2)9-7-16(21)10-15-5-3-4-14-6-8-17(11-19(14)15)23-20(24(27)28)13-22(26)32-23/h3-9,11-12,20,23H,10,13H2,1-2H3,(H,27,28). The number of carboxylic acid groups (broad SMARTS) is 1. The van der Waals surface area contributed by atoms with Gasteiger partial charge in [0.05, 0.1) is 26.2 Å². The zero-order valence-electron chi connectivity index (χ0n) is 17.7. The first-order valence-corrected chi connectivity index (χ1v) is 10.1. The van der Waals surface area contributed by atoms with Gasteiger partial charge in [-0.1, -0.05) is 36.4 Å². The number of esters is 2. The van der Waals surface area contributed by atoms with Crippen molar-refractivity contribution in [2.45, 2.75) is 18.9 Å². The van der Waals surface area contributed by atoms with E-state index in [1.165, 1.54) is 7.11 Å². The van der Waals surface area contributed by atoms with Crippen LogP contribution in [-0.4, -0.2) is 37.2 Å². The molecule has 7 heteroatoms. The zero-order valence-corrected chi connectivity index (χ0v) is 17.7. The van der Waals surface area contributed by atoms with Crippen molar-refractivity contribution in [2.24, 2.45) is 5.92 Å². The maximum atomic E-state index is 11.8. The summed E-state index contributed by atoms with van der Waals surface area (Å²) in [5.41, 5.74) is 2.92. The highest BCUT2D eigenvalue weighted by Crippen LogP contribution is 2.37. The van der Waals surface area contributed by atoms with E-state index >= 15 is 0 Å². The summed E-state index contributed by atoms with van der Waals surface area (Å²) >= 11 is 0. The Balaban J connectivity index is 1.73. The maximum absolute atomic E-state index is 11.8. The molecule has 7 nitrogen and oxygen atoms in total. The van der Waals surface area contributed by atoms with Crippen LogP contribution >= 0.6 is 0 Å². The zero-order chi connectivity index (χ0) is 22.8. The van der Waals surface area contributed by atoms with Crippen LogP contribution in [0.5, 0.6) is 5.75 Å². The van der Waals surface area contributed by atoms with Gasteiger partial charge in [-0.25, -0.2) is 4.79 Å². The van der Waals surface area contributed by atoms with E-state index in [9.17, 15) is 19.5 Å². The molecule has 0 aromatic heterocycles. The number of carboxylic acids is 1. The van der Waals surface area contributed by atoms with Crippen molar-refractivity contribution in [3.8, 4) is 5.75 Å². The second-order valence-corrected chi connectivity index (χ2v) is 7.65. The van der Waals surface area contributed by atoms with E-state index in [-0.39, 0.29) is 6.42 Å². The molecule has 32 heavy (non-hydrogen) atoms. The fourth-order valence-electron chi connectivity index (χ4n) is 4.10. The van der Waals surface area contributed by atoms with Crippen molar-refractivity contribution < 1.29 is 33.7 Å². The number of cyclic esters (lactones) is 1. The number of benzene rings is 3. The Morgan fingerprint density at radius 1 is 1.06 bits per heavy atom. The van der Waals surface area contributed by atoms with Gasteiger partial charge in [-0.2, -0.15) is 0 Å². The van der Waals surface area contributed by atoms with Crippen molar-refractivity contribution in [1.29, 1.82) is 0 Å². The largest absolute Gasteiger partial charge is 0.496 e. The van der Waals surface area contributed by atoms with Crippen LogP contribution in [0.2, 0.25) is 0 Å². The third kappa shape index (κ3) is 4.01. The van der Waals surface area contributed by atoms with Crippen LogP contribution in [0.25, 0.3) is 10.8 Å².